The third kappa shape index (κ3) is 1.12. The van der Waals surface area contributed by atoms with Gasteiger partial charge < -0.3 is 9.84 Å². The van der Waals surface area contributed by atoms with Crippen molar-refractivity contribution < 1.29 is 4.52 Å². The second kappa shape index (κ2) is 2.73. The van der Waals surface area contributed by atoms with Crippen LogP contribution in [0.4, 0.5) is 5.69 Å². The Morgan fingerprint density at radius 2 is 2.30 bits per heavy atom. The highest BCUT2D eigenvalue weighted by molar-refractivity contribution is 5.45. The van der Waals surface area contributed by atoms with Gasteiger partial charge in [-0.15, -0.1) is 0 Å². The highest BCUT2D eigenvalue weighted by atomic mass is 16.5. The molecular formula is C7H12N2O. The summed E-state index contributed by atoms with van der Waals surface area (Å²) in [6, 6.07) is 0. The fraction of sp³-hybridized carbons (Fsp3) is 0.571. The van der Waals surface area contributed by atoms with Crippen molar-refractivity contribution in [3.05, 3.63) is 12.0 Å². The Bertz CT molecular complexity index is 205. The molecule has 0 aromatic carbocycles. The molecule has 1 N–H and O–H groups in total. The highest BCUT2D eigenvalue weighted by Crippen LogP contribution is 2.20. The molecule has 1 aromatic heterocycles. The summed E-state index contributed by atoms with van der Waals surface area (Å²) in [6.07, 6.45) is 1.62. The van der Waals surface area contributed by atoms with E-state index in [1.54, 1.807) is 6.26 Å². The van der Waals surface area contributed by atoms with Gasteiger partial charge in [-0.2, -0.15) is 0 Å². The molecule has 0 atom stereocenters. The molecule has 0 aliphatic rings. The molecule has 0 fully saturated rings. The first kappa shape index (κ1) is 7.12. The molecule has 3 nitrogen and oxygen atoms in total. The van der Waals surface area contributed by atoms with Crippen LogP contribution in [0.5, 0.6) is 0 Å². The lowest BCUT2D eigenvalue weighted by Crippen LogP contribution is -1.94. The van der Waals surface area contributed by atoms with E-state index in [1.165, 1.54) is 0 Å². The lowest BCUT2D eigenvalue weighted by Gasteiger charge is -2.00. The summed E-state index contributed by atoms with van der Waals surface area (Å²) < 4.78 is 4.79. The van der Waals surface area contributed by atoms with Crippen LogP contribution >= 0.6 is 0 Å². The maximum atomic E-state index is 4.79. The van der Waals surface area contributed by atoms with Crippen molar-refractivity contribution in [3.8, 4) is 0 Å². The predicted molar refractivity (Wildman–Crippen MR) is 40.1 cm³/mol. The van der Waals surface area contributed by atoms with E-state index in [9.17, 15) is 0 Å². The number of anilines is 1. The molecule has 0 unspecified atom stereocenters. The van der Waals surface area contributed by atoms with Gasteiger partial charge in [-0.3, -0.25) is 0 Å². The van der Waals surface area contributed by atoms with Gasteiger partial charge in [0.15, 0.2) is 0 Å². The van der Waals surface area contributed by atoms with Gasteiger partial charge in [0.25, 0.3) is 0 Å². The highest BCUT2D eigenvalue weighted by Gasteiger charge is 2.08. The Hall–Kier alpha value is -0.990. The van der Waals surface area contributed by atoms with Crippen LogP contribution in [0.2, 0.25) is 0 Å². The van der Waals surface area contributed by atoms with E-state index in [0.717, 1.165) is 11.4 Å². The summed E-state index contributed by atoms with van der Waals surface area (Å²) in [7, 11) is 1.86. The maximum Gasteiger partial charge on any atom is 0.147 e. The molecule has 0 aliphatic heterocycles. The predicted octanol–water partition coefficient (Wildman–Crippen LogP) is 1.84. The van der Waals surface area contributed by atoms with Crippen LogP contribution in [-0.4, -0.2) is 12.2 Å². The molecule has 3 heteroatoms. The van der Waals surface area contributed by atoms with Crippen LogP contribution in [-0.2, 0) is 0 Å². The molecule has 56 valence electrons. The van der Waals surface area contributed by atoms with Gasteiger partial charge in [0.1, 0.15) is 12.0 Å². The fourth-order valence-corrected chi connectivity index (χ4v) is 0.849. The van der Waals surface area contributed by atoms with Gasteiger partial charge in [-0.1, -0.05) is 19.0 Å². The van der Waals surface area contributed by atoms with Crippen LogP contribution in [0.15, 0.2) is 10.8 Å². The summed E-state index contributed by atoms with van der Waals surface area (Å²) in [5, 5.41) is 6.85. The Kier molecular flexibility index (Phi) is 1.94. The topological polar surface area (TPSA) is 38.1 Å². The zero-order valence-electron chi connectivity index (χ0n) is 6.51. The van der Waals surface area contributed by atoms with Gasteiger partial charge in [0.05, 0.1) is 5.69 Å². The van der Waals surface area contributed by atoms with E-state index >= 15 is 0 Å². The van der Waals surface area contributed by atoms with E-state index in [2.05, 4.69) is 24.3 Å². The molecule has 0 bridgehead atoms. The lowest BCUT2D eigenvalue weighted by atomic mass is 10.1. The summed E-state index contributed by atoms with van der Waals surface area (Å²) in [4.78, 5) is 0. The van der Waals surface area contributed by atoms with Crippen LogP contribution in [0.3, 0.4) is 0 Å². The molecular weight excluding hydrogens is 128 g/mol. The molecule has 0 spiro atoms. The van der Waals surface area contributed by atoms with Crippen molar-refractivity contribution in [2.24, 2.45) is 0 Å². The van der Waals surface area contributed by atoms with Crippen molar-refractivity contribution in [2.45, 2.75) is 19.8 Å². The third-order valence-corrected chi connectivity index (χ3v) is 1.41. The van der Waals surface area contributed by atoms with Crippen LogP contribution < -0.4 is 5.32 Å². The zero-order valence-corrected chi connectivity index (χ0v) is 6.51. The molecule has 1 heterocycles. The van der Waals surface area contributed by atoms with E-state index in [0.29, 0.717) is 5.92 Å². The quantitative estimate of drug-likeness (QED) is 0.681. The Labute approximate surface area is 60.4 Å². The van der Waals surface area contributed by atoms with Crippen molar-refractivity contribution in [3.63, 3.8) is 0 Å². The van der Waals surface area contributed by atoms with E-state index in [-0.39, 0.29) is 0 Å². The molecule has 1 rings (SSSR count). The van der Waals surface area contributed by atoms with Crippen LogP contribution in [0.25, 0.3) is 0 Å². The SMILES string of the molecule is CNc1conc1C(C)C. The Morgan fingerprint density at radius 3 is 2.70 bits per heavy atom. The minimum absolute atomic E-state index is 0.418. The Morgan fingerprint density at radius 1 is 1.60 bits per heavy atom. The standard InChI is InChI=1S/C7H12N2O/c1-5(2)7-6(8-3)4-10-9-7/h4-5,8H,1-3H3. The molecule has 10 heavy (non-hydrogen) atoms. The van der Waals surface area contributed by atoms with Gasteiger partial charge >= 0.3 is 0 Å². The monoisotopic (exact) mass is 140 g/mol. The number of nitrogens with one attached hydrogen (secondary N) is 1. The van der Waals surface area contributed by atoms with Crippen LogP contribution in [0.1, 0.15) is 25.5 Å². The van der Waals surface area contributed by atoms with E-state index in [1.807, 2.05) is 7.05 Å². The average Bonchev–Trinajstić information content (AvgIpc) is 2.33. The normalized spacial score (nSPS) is 10.4. The molecule has 0 amide bonds. The van der Waals surface area contributed by atoms with Gasteiger partial charge in [0, 0.05) is 13.0 Å². The summed E-state index contributed by atoms with van der Waals surface area (Å²) in [5.74, 6) is 0.418. The number of hydrogen-bond acceptors (Lipinski definition) is 3. The van der Waals surface area contributed by atoms with Gasteiger partial charge in [-0.05, 0) is 0 Å². The molecule has 0 aliphatic carbocycles. The van der Waals surface area contributed by atoms with Crippen molar-refractivity contribution >= 4 is 5.69 Å². The first-order valence-electron chi connectivity index (χ1n) is 3.37. The van der Waals surface area contributed by atoms with Crippen LogP contribution in [0, 0.1) is 0 Å². The van der Waals surface area contributed by atoms with E-state index < -0.39 is 0 Å². The van der Waals surface area contributed by atoms with E-state index in [4.69, 9.17) is 4.52 Å². The zero-order chi connectivity index (χ0) is 7.56. The Balaban J connectivity index is 2.90. The lowest BCUT2D eigenvalue weighted by molar-refractivity contribution is 0.408. The van der Waals surface area contributed by atoms with Crippen molar-refractivity contribution in [2.75, 3.05) is 12.4 Å². The fourth-order valence-electron chi connectivity index (χ4n) is 0.849. The average molecular weight is 140 g/mol. The second-order valence-electron chi connectivity index (χ2n) is 2.52. The second-order valence-corrected chi connectivity index (χ2v) is 2.52. The van der Waals surface area contributed by atoms with Gasteiger partial charge in [-0.25, -0.2) is 0 Å². The number of aromatic nitrogens is 1. The minimum atomic E-state index is 0.418. The first-order valence-corrected chi connectivity index (χ1v) is 3.37. The largest absolute Gasteiger partial charge is 0.384 e. The molecule has 0 radical (unpaired) electrons. The summed E-state index contributed by atoms with van der Waals surface area (Å²) >= 11 is 0. The summed E-state index contributed by atoms with van der Waals surface area (Å²) in [5.41, 5.74) is 1.97. The third-order valence-electron chi connectivity index (χ3n) is 1.41. The number of hydrogen-bond donors (Lipinski definition) is 1. The molecule has 1 aromatic rings. The maximum absolute atomic E-state index is 4.79. The van der Waals surface area contributed by atoms with Crippen molar-refractivity contribution in [1.82, 2.24) is 5.16 Å². The molecule has 0 saturated heterocycles. The van der Waals surface area contributed by atoms with Gasteiger partial charge in [0.2, 0.25) is 0 Å². The smallest absolute Gasteiger partial charge is 0.147 e. The first-order chi connectivity index (χ1) is 4.75. The minimum Gasteiger partial charge on any atom is -0.384 e. The van der Waals surface area contributed by atoms with Crippen molar-refractivity contribution in [1.29, 1.82) is 0 Å². The number of rotatable bonds is 2. The summed E-state index contributed by atoms with van der Waals surface area (Å²) in [6.45, 7) is 4.16. The molecule has 0 saturated carbocycles. The number of nitrogens with zero attached hydrogens (tertiary/aromatic N) is 1.